The molecule has 4 N–H and O–H groups in total. The Hall–Kier alpha value is -1.67. The highest BCUT2D eigenvalue weighted by atomic mass is 16.5. The predicted octanol–water partition coefficient (Wildman–Crippen LogP) is 0.596. The minimum atomic E-state index is 0.385. The number of nitrogen functional groups attached to an aromatic ring is 1. The summed E-state index contributed by atoms with van der Waals surface area (Å²) in [6, 6.07) is 0. The molecule has 8 nitrogen and oxygen atoms in total. The van der Waals surface area contributed by atoms with Crippen molar-refractivity contribution in [1.29, 1.82) is 0 Å². The van der Waals surface area contributed by atoms with Crippen molar-refractivity contribution < 1.29 is 4.74 Å². The highest BCUT2D eigenvalue weighted by Crippen LogP contribution is 2.48. The number of ether oxygens (including phenoxy) is 1. The van der Waals surface area contributed by atoms with Crippen LogP contribution < -0.4 is 21.5 Å². The zero-order valence-electron chi connectivity index (χ0n) is 12.4. The second-order valence-corrected chi connectivity index (χ2v) is 5.73. The van der Waals surface area contributed by atoms with Crippen LogP contribution >= 0.6 is 0 Å². The van der Waals surface area contributed by atoms with Crippen LogP contribution in [0.5, 0.6) is 0 Å². The summed E-state index contributed by atoms with van der Waals surface area (Å²) >= 11 is 0. The molecule has 0 amide bonds. The number of rotatable bonds is 6. The van der Waals surface area contributed by atoms with Gasteiger partial charge in [-0.3, -0.25) is 5.43 Å². The first-order chi connectivity index (χ1) is 10.2. The van der Waals surface area contributed by atoms with Crippen molar-refractivity contribution in [2.45, 2.75) is 26.2 Å². The maximum atomic E-state index is 5.46. The first-order valence-corrected chi connectivity index (χ1v) is 7.54. The Kier molecular flexibility index (Phi) is 4.07. The van der Waals surface area contributed by atoms with E-state index in [0.717, 1.165) is 19.6 Å². The van der Waals surface area contributed by atoms with E-state index in [1.54, 1.807) is 0 Å². The number of morpholine rings is 1. The molecule has 1 aliphatic carbocycles. The van der Waals surface area contributed by atoms with Crippen molar-refractivity contribution in [3.8, 4) is 0 Å². The van der Waals surface area contributed by atoms with Gasteiger partial charge in [0.1, 0.15) is 0 Å². The molecule has 21 heavy (non-hydrogen) atoms. The quantitative estimate of drug-likeness (QED) is 0.517. The van der Waals surface area contributed by atoms with Gasteiger partial charge in [0.25, 0.3) is 0 Å². The molecule has 2 heterocycles. The van der Waals surface area contributed by atoms with Gasteiger partial charge in [0.15, 0.2) is 0 Å². The number of hydrazine groups is 1. The molecule has 0 spiro atoms. The summed E-state index contributed by atoms with van der Waals surface area (Å²) in [6.07, 6.45) is 3.74. The van der Waals surface area contributed by atoms with E-state index >= 15 is 0 Å². The number of nitrogens with one attached hydrogen (secondary N) is 2. The molecule has 0 aromatic carbocycles. The Bertz CT molecular complexity index is 485. The summed E-state index contributed by atoms with van der Waals surface area (Å²) in [7, 11) is 0. The van der Waals surface area contributed by atoms with Gasteiger partial charge < -0.3 is 15.0 Å². The Morgan fingerprint density at radius 2 is 1.90 bits per heavy atom. The highest BCUT2D eigenvalue weighted by molar-refractivity contribution is 5.43. The minimum Gasteiger partial charge on any atom is -0.378 e. The lowest BCUT2D eigenvalue weighted by Gasteiger charge is -2.27. The van der Waals surface area contributed by atoms with Gasteiger partial charge in [-0.1, -0.05) is 6.92 Å². The third-order valence-corrected chi connectivity index (χ3v) is 4.38. The Morgan fingerprint density at radius 3 is 2.52 bits per heavy atom. The zero-order chi connectivity index (χ0) is 14.7. The summed E-state index contributed by atoms with van der Waals surface area (Å²) < 4.78 is 5.35. The SMILES string of the molecule is CCC1(CNc2nc(NN)nc(N3CCOCC3)n2)CC1. The van der Waals surface area contributed by atoms with Crippen LogP contribution in [0, 0.1) is 5.41 Å². The van der Waals surface area contributed by atoms with Crippen LogP contribution in [0.2, 0.25) is 0 Å². The third-order valence-electron chi connectivity index (χ3n) is 4.38. The molecule has 0 radical (unpaired) electrons. The molecular formula is C13H23N7O. The molecule has 1 saturated carbocycles. The second-order valence-electron chi connectivity index (χ2n) is 5.73. The number of hydrogen-bond acceptors (Lipinski definition) is 8. The first-order valence-electron chi connectivity index (χ1n) is 7.54. The molecule has 1 saturated heterocycles. The number of anilines is 3. The molecule has 3 rings (SSSR count). The highest BCUT2D eigenvalue weighted by Gasteiger charge is 2.40. The number of nitrogens with two attached hydrogens (primary N) is 1. The standard InChI is InChI=1S/C13H23N7O/c1-2-13(3-4-13)9-15-10-16-11(19-14)18-12(17-10)20-5-7-21-8-6-20/h2-9,14H2,1H3,(H2,15,16,17,18,19). The normalized spacial score (nSPS) is 20.2. The van der Waals surface area contributed by atoms with Crippen LogP contribution in [0.25, 0.3) is 0 Å². The minimum absolute atomic E-state index is 0.385. The van der Waals surface area contributed by atoms with E-state index < -0.39 is 0 Å². The van der Waals surface area contributed by atoms with Gasteiger partial charge >= 0.3 is 0 Å². The van der Waals surface area contributed by atoms with Crippen LogP contribution in [0.3, 0.4) is 0 Å². The van der Waals surface area contributed by atoms with E-state index in [1.807, 2.05) is 0 Å². The van der Waals surface area contributed by atoms with Crippen molar-refractivity contribution in [3.05, 3.63) is 0 Å². The fourth-order valence-electron chi connectivity index (χ4n) is 2.51. The zero-order valence-corrected chi connectivity index (χ0v) is 12.4. The number of aromatic nitrogens is 3. The van der Waals surface area contributed by atoms with Crippen LogP contribution in [0.1, 0.15) is 26.2 Å². The molecular weight excluding hydrogens is 270 g/mol. The summed E-state index contributed by atoms with van der Waals surface area (Å²) in [4.78, 5) is 15.2. The summed E-state index contributed by atoms with van der Waals surface area (Å²) in [5.74, 6) is 7.07. The molecule has 2 aliphatic rings. The van der Waals surface area contributed by atoms with Gasteiger partial charge in [0.05, 0.1) is 13.2 Å². The summed E-state index contributed by atoms with van der Waals surface area (Å²) in [6.45, 7) is 6.09. The van der Waals surface area contributed by atoms with Gasteiger partial charge in [-0.15, -0.1) is 0 Å². The number of hydrogen-bond donors (Lipinski definition) is 3. The topological polar surface area (TPSA) is 101 Å². The Balaban J connectivity index is 1.73. The van der Waals surface area contributed by atoms with Crippen molar-refractivity contribution in [2.24, 2.45) is 11.3 Å². The average molecular weight is 293 g/mol. The molecule has 1 aliphatic heterocycles. The summed E-state index contributed by atoms with van der Waals surface area (Å²) in [5.41, 5.74) is 2.95. The molecule has 8 heteroatoms. The maximum absolute atomic E-state index is 5.46. The Morgan fingerprint density at radius 1 is 1.19 bits per heavy atom. The van der Waals surface area contributed by atoms with Crippen molar-refractivity contribution in [3.63, 3.8) is 0 Å². The predicted molar refractivity (Wildman–Crippen MR) is 81.1 cm³/mol. The second kappa shape index (κ2) is 5.98. The fourth-order valence-corrected chi connectivity index (χ4v) is 2.51. The van der Waals surface area contributed by atoms with Gasteiger partial charge in [0.2, 0.25) is 17.8 Å². The molecule has 1 aromatic heterocycles. The van der Waals surface area contributed by atoms with E-state index in [1.165, 1.54) is 19.3 Å². The van der Waals surface area contributed by atoms with Crippen LogP contribution in [0.4, 0.5) is 17.8 Å². The lowest BCUT2D eigenvalue weighted by Crippen LogP contribution is -2.37. The third kappa shape index (κ3) is 3.33. The molecule has 116 valence electrons. The van der Waals surface area contributed by atoms with E-state index in [9.17, 15) is 0 Å². The van der Waals surface area contributed by atoms with Gasteiger partial charge in [-0.2, -0.15) is 15.0 Å². The molecule has 0 unspecified atom stereocenters. The van der Waals surface area contributed by atoms with Crippen LogP contribution in [-0.4, -0.2) is 47.8 Å². The molecule has 0 bridgehead atoms. The molecule has 0 atom stereocenters. The first kappa shape index (κ1) is 14.3. The van der Waals surface area contributed by atoms with E-state index in [0.29, 0.717) is 36.5 Å². The largest absolute Gasteiger partial charge is 0.378 e. The van der Waals surface area contributed by atoms with E-state index in [4.69, 9.17) is 10.6 Å². The van der Waals surface area contributed by atoms with Crippen molar-refractivity contribution in [1.82, 2.24) is 15.0 Å². The number of nitrogens with zero attached hydrogens (tertiary/aromatic N) is 4. The smallest absolute Gasteiger partial charge is 0.243 e. The monoisotopic (exact) mass is 293 g/mol. The van der Waals surface area contributed by atoms with Gasteiger partial charge in [-0.25, -0.2) is 5.84 Å². The summed E-state index contributed by atoms with van der Waals surface area (Å²) in [5, 5.41) is 3.34. The fraction of sp³-hybridized carbons (Fsp3) is 0.769. The lowest BCUT2D eigenvalue weighted by molar-refractivity contribution is 0.122. The lowest BCUT2D eigenvalue weighted by atomic mass is 10.0. The van der Waals surface area contributed by atoms with E-state index in [2.05, 4.69) is 37.5 Å². The molecule has 1 aromatic rings. The Labute approximate surface area is 124 Å². The van der Waals surface area contributed by atoms with Gasteiger partial charge in [-0.05, 0) is 24.7 Å². The molecule has 2 fully saturated rings. The van der Waals surface area contributed by atoms with Gasteiger partial charge in [0, 0.05) is 19.6 Å². The average Bonchev–Trinajstić information content (AvgIpc) is 3.34. The maximum Gasteiger partial charge on any atom is 0.243 e. The van der Waals surface area contributed by atoms with Crippen molar-refractivity contribution >= 4 is 17.8 Å². The van der Waals surface area contributed by atoms with Crippen molar-refractivity contribution in [2.75, 3.05) is 48.5 Å². The van der Waals surface area contributed by atoms with Crippen LogP contribution in [-0.2, 0) is 4.74 Å². The van der Waals surface area contributed by atoms with E-state index in [-0.39, 0.29) is 0 Å². The van der Waals surface area contributed by atoms with Crippen LogP contribution in [0.15, 0.2) is 0 Å².